The normalized spacial score (nSPS) is 18.7. The molecule has 0 N–H and O–H groups in total. The molecular weight excluding hydrogens is 251 g/mol. The highest BCUT2D eigenvalue weighted by molar-refractivity contribution is 5.55. The van der Waals surface area contributed by atoms with Crippen molar-refractivity contribution in [2.24, 2.45) is 0 Å². The molecule has 1 aromatic heterocycles. The lowest BCUT2D eigenvalue weighted by molar-refractivity contribution is 0.192. The number of nitrogens with zero attached hydrogens (tertiary/aromatic N) is 2. The van der Waals surface area contributed by atoms with Gasteiger partial charge >= 0.3 is 0 Å². The van der Waals surface area contributed by atoms with Gasteiger partial charge in [0.15, 0.2) is 5.82 Å². The molecule has 1 fully saturated rings. The van der Waals surface area contributed by atoms with Gasteiger partial charge < -0.3 is 14.0 Å². The maximum Gasteiger partial charge on any atom is 0.260 e. The van der Waals surface area contributed by atoms with E-state index in [9.17, 15) is 4.39 Å². The van der Waals surface area contributed by atoms with Crippen molar-refractivity contribution in [1.82, 2.24) is 10.1 Å². The molecule has 0 amide bonds. The summed E-state index contributed by atoms with van der Waals surface area (Å²) in [5.74, 6) is 0.894. The molecule has 1 saturated heterocycles. The maximum absolute atomic E-state index is 13.9. The smallest absolute Gasteiger partial charge is 0.260 e. The van der Waals surface area contributed by atoms with Crippen LogP contribution in [0, 0.1) is 5.82 Å². The lowest BCUT2D eigenvalue weighted by atomic mass is 10.1. The minimum absolute atomic E-state index is 0.138. The van der Waals surface area contributed by atoms with E-state index >= 15 is 0 Å². The minimum Gasteiger partial charge on any atom is -0.497 e. The van der Waals surface area contributed by atoms with Crippen LogP contribution in [0.5, 0.6) is 5.75 Å². The van der Waals surface area contributed by atoms with Crippen molar-refractivity contribution in [3.05, 3.63) is 29.8 Å². The summed E-state index contributed by atoms with van der Waals surface area (Å²) in [6.07, 6.45) is 0.865. The molecular formula is C13H13FN2O3. The van der Waals surface area contributed by atoms with Crippen LogP contribution in [0.4, 0.5) is 4.39 Å². The van der Waals surface area contributed by atoms with Crippen molar-refractivity contribution >= 4 is 0 Å². The van der Waals surface area contributed by atoms with Gasteiger partial charge in [-0.25, -0.2) is 4.39 Å². The van der Waals surface area contributed by atoms with E-state index in [1.165, 1.54) is 13.2 Å². The summed E-state index contributed by atoms with van der Waals surface area (Å²) in [5, 5.41) is 3.89. The van der Waals surface area contributed by atoms with E-state index in [4.69, 9.17) is 14.0 Å². The molecule has 1 atom stereocenters. The largest absolute Gasteiger partial charge is 0.497 e. The molecule has 0 spiro atoms. The van der Waals surface area contributed by atoms with Crippen molar-refractivity contribution in [3.63, 3.8) is 0 Å². The Kier molecular flexibility index (Phi) is 3.16. The van der Waals surface area contributed by atoms with Crippen LogP contribution in [0.1, 0.15) is 18.2 Å². The topological polar surface area (TPSA) is 57.4 Å². The first-order valence-corrected chi connectivity index (χ1v) is 6.03. The van der Waals surface area contributed by atoms with Crippen LogP contribution in [0.25, 0.3) is 11.5 Å². The molecule has 1 aliphatic heterocycles. The fourth-order valence-corrected chi connectivity index (χ4v) is 2.04. The van der Waals surface area contributed by atoms with Crippen LogP contribution in [-0.4, -0.2) is 30.5 Å². The fourth-order valence-electron chi connectivity index (χ4n) is 2.04. The van der Waals surface area contributed by atoms with E-state index in [2.05, 4.69) is 10.1 Å². The zero-order valence-corrected chi connectivity index (χ0v) is 10.4. The second-order valence-electron chi connectivity index (χ2n) is 4.36. The molecule has 5 nitrogen and oxygen atoms in total. The van der Waals surface area contributed by atoms with Crippen molar-refractivity contribution in [2.45, 2.75) is 12.3 Å². The van der Waals surface area contributed by atoms with E-state index in [1.807, 2.05) is 0 Å². The van der Waals surface area contributed by atoms with E-state index < -0.39 is 5.82 Å². The molecule has 1 aliphatic rings. The first kappa shape index (κ1) is 12.1. The lowest BCUT2D eigenvalue weighted by Gasteiger charge is -2.01. The summed E-state index contributed by atoms with van der Waals surface area (Å²) in [5.41, 5.74) is 0.276. The molecule has 0 bridgehead atoms. The minimum atomic E-state index is -0.447. The number of rotatable bonds is 3. The summed E-state index contributed by atoms with van der Waals surface area (Å²) >= 11 is 0. The highest BCUT2D eigenvalue weighted by atomic mass is 19.1. The van der Waals surface area contributed by atoms with Crippen LogP contribution >= 0.6 is 0 Å². The molecule has 6 heteroatoms. The summed E-state index contributed by atoms with van der Waals surface area (Å²) in [6, 6.07) is 4.51. The van der Waals surface area contributed by atoms with Gasteiger partial charge in [-0.3, -0.25) is 0 Å². The standard InChI is InChI=1S/C13H13FN2O3/c1-17-9-2-3-10(11(14)6-9)13-15-12(16-19-13)8-4-5-18-7-8/h2-3,6,8H,4-5,7H2,1H3/t8-/m0/s1. The third kappa shape index (κ3) is 2.31. The third-order valence-electron chi connectivity index (χ3n) is 3.14. The third-order valence-corrected chi connectivity index (χ3v) is 3.14. The van der Waals surface area contributed by atoms with Crippen LogP contribution in [0.2, 0.25) is 0 Å². The van der Waals surface area contributed by atoms with Gasteiger partial charge in [-0.05, 0) is 18.6 Å². The Morgan fingerprint density at radius 2 is 2.32 bits per heavy atom. The first-order chi connectivity index (χ1) is 9.28. The predicted molar refractivity (Wildman–Crippen MR) is 64.4 cm³/mol. The number of hydrogen-bond donors (Lipinski definition) is 0. The highest BCUT2D eigenvalue weighted by Crippen LogP contribution is 2.28. The Balaban J connectivity index is 1.89. The zero-order chi connectivity index (χ0) is 13.2. The number of halogens is 1. The Bertz CT molecular complexity index is 579. The maximum atomic E-state index is 13.9. The molecule has 19 heavy (non-hydrogen) atoms. The first-order valence-electron chi connectivity index (χ1n) is 6.03. The van der Waals surface area contributed by atoms with E-state index in [0.29, 0.717) is 24.8 Å². The SMILES string of the molecule is COc1ccc(-c2nc([C@H]3CCOC3)no2)c(F)c1. The zero-order valence-electron chi connectivity index (χ0n) is 10.4. The summed E-state index contributed by atoms with van der Waals surface area (Å²) in [7, 11) is 1.49. The van der Waals surface area contributed by atoms with Gasteiger partial charge in [-0.15, -0.1) is 0 Å². The van der Waals surface area contributed by atoms with Crippen molar-refractivity contribution in [1.29, 1.82) is 0 Å². The van der Waals surface area contributed by atoms with Crippen LogP contribution in [0.15, 0.2) is 22.7 Å². The summed E-state index contributed by atoms with van der Waals surface area (Å²) in [6.45, 7) is 1.29. The average Bonchev–Trinajstić information content (AvgIpc) is 3.09. The van der Waals surface area contributed by atoms with Gasteiger partial charge in [0.1, 0.15) is 11.6 Å². The van der Waals surface area contributed by atoms with E-state index in [-0.39, 0.29) is 17.4 Å². The Labute approximate surface area is 109 Å². The van der Waals surface area contributed by atoms with Crippen molar-refractivity contribution < 1.29 is 18.4 Å². The number of ether oxygens (including phenoxy) is 2. The second-order valence-corrected chi connectivity index (χ2v) is 4.36. The predicted octanol–water partition coefficient (Wildman–Crippen LogP) is 2.39. The van der Waals surface area contributed by atoms with Gasteiger partial charge in [0.05, 0.1) is 19.3 Å². The quantitative estimate of drug-likeness (QED) is 0.852. The average molecular weight is 264 g/mol. The number of hydrogen-bond acceptors (Lipinski definition) is 5. The molecule has 1 aromatic carbocycles. The molecule has 0 aliphatic carbocycles. The van der Waals surface area contributed by atoms with Crippen LogP contribution in [0.3, 0.4) is 0 Å². The molecule has 0 saturated carbocycles. The van der Waals surface area contributed by atoms with Gasteiger partial charge in [-0.2, -0.15) is 4.98 Å². The monoisotopic (exact) mass is 264 g/mol. The number of methoxy groups -OCH3 is 1. The van der Waals surface area contributed by atoms with Crippen molar-refractivity contribution in [2.75, 3.05) is 20.3 Å². The second kappa shape index (κ2) is 4.97. The summed E-state index contributed by atoms with van der Waals surface area (Å²) < 4.78 is 29.2. The molecule has 0 unspecified atom stereocenters. The van der Waals surface area contributed by atoms with Crippen LogP contribution in [-0.2, 0) is 4.74 Å². The highest BCUT2D eigenvalue weighted by Gasteiger charge is 2.24. The molecule has 2 heterocycles. The van der Waals surface area contributed by atoms with Gasteiger partial charge in [-0.1, -0.05) is 5.16 Å². The molecule has 100 valence electrons. The molecule has 0 radical (unpaired) electrons. The number of benzene rings is 1. The summed E-state index contributed by atoms with van der Waals surface area (Å²) in [4.78, 5) is 4.24. The van der Waals surface area contributed by atoms with Gasteiger partial charge in [0.25, 0.3) is 5.89 Å². The lowest BCUT2D eigenvalue weighted by Crippen LogP contribution is -1.99. The Hall–Kier alpha value is -1.95. The van der Waals surface area contributed by atoms with Crippen LogP contribution < -0.4 is 4.74 Å². The van der Waals surface area contributed by atoms with E-state index in [1.54, 1.807) is 12.1 Å². The van der Waals surface area contributed by atoms with E-state index in [0.717, 1.165) is 6.42 Å². The Morgan fingerprint density at radius 1 is 1.42 bits per heavy atom. The van der Waals surface area contributed by atoms with Gasteiger partial charge in [0, 0.05) is 18.6 Å². The number of aromatic nitrogens is 2. The van der Waals surface area contributed by atoms with Gasteiger partial charge in [0.2, 0.25) is 0 Å². The fraction of sp³-hybridized carbons (Fsp3) is 0.385. The molecule has 2 aromatic rings. The van der Waals surface area contributed by atoms with Crippen molar-refractivity contribution in [3.8, 4) is 17.2 Å². The molecule has 3 rings (SSSR count). The Morgan fingerprint density at radius 3 is 3.00 bits per heavy atom.